The molecule has 0 aromatic carbocycles. The summed E-state index contributed by atoms with van der Waals surface area (Å²) in [6, 6.07) is -1.55. The maximum atomic E-state index is 12.3. The van der Waals surface area contributed by atoms with Crippen molar-refractivity contribution < 1.29 is 47.8 Å². The summed E-state index contributed by atoms with van der Waals surface area (Å²) < 4.78 is 26.9. The van der Waals surface area contributed by atoms with Gasteiger partial charge in [0.15, 0.2) is 6.04 Å². The number of aliphatic carboxylic acids is 1. The summed E-state index contributed by atoms with van der Waals surface area (Å²) in [6.07, 6.45) is 45.0. The highest BCUT2D eigenvalue weighted by Gasteiger charge is 2.28. The van der Waals surface area contributed by atoms with Gasteiger partial charge in [0.1, 0.15) is 12.7 Å². The Kier molecular flexibility index (Phi) is 41.2. The number of carboxylic acids is 1. The van der Waals surface area contributed by atoms with E-state index in [2.05, 4.69) is 43.5 Å². The summed E-state index contributed by atoms with van der Waals surface area (Å²) in [5.41, 5.74) is 0. The van der Waals surface area contributed by atoms with Crippen LogP contribution in [0.5, 0.6) is 0 Å². The first-order valence-corrected chi connectivity index (χ1v) is 25.4. The minimum Gasteiger partial charge on any atom is -0.480 e. The number of amides is 1. The van der Waals surface area contributed by atoms with Crippen molar-refractivity contribution in [1.82, 2.24) is 5.32 Å². The van der Waals surface area contributed by atoms with Crippen molar-refractivity contribution in [2.24, 2.45) is 0 Å². The number of hydrogen-bond acceptors (Lipinski definition) is 8. The number of esters is 1. The molecule has 0 saturated carbocycles. The van der Waals surface area contributed by atoms with E-state index in [1.165, 1.54) is 116 Å². The number of allylic oxidation sites excluding steroid dienone is 4. The van der Waals surface area contributed by atoms with Gasteiger partial charge in [-0.2, -0.15) is 0 Å². The minimum absolute atomic E-state index is 0.131. The van der Waals surface area contributed by atoms with Gasteiger partial charge in [-0.15, -0.1) is 0 Å². The number of hydrogen-bond donors (Lipinski definition) is 4. The highest BCUT2D eigenvalue weighted by atomic mass is 31.2. The largest absolute Gasteiger partial charge is 0.480 e. The van der Waals surface area contributed by atoms with E-state index in [0.29, 0.717) is 12.8 Å². The van der Waals surface area contributed by atoms with Crippen molar-refractivity contribution in [1.29, 1.82) is 0 Å². The van der Waals surface area contributed by atoms with E-state index in [1.807, 2.05) is 0 Å². The fraction of sp³-hybridized carbons (Fsp3) is 0.851. The molecule has 0 spiro atoms. The third-order valence-electron chi connectivity index (χ3n) is 10.5. The van der Waals surface area contributed by atoms with Gasteiger partial charge in [0, 0.05) is 12.8 Å². The predicted molar refractivity (Wildman–Crippen MR) is 240 cm³/mol. The Morgan fingerprint density at radius 1 is 0.542 bits per heavy atom. The van der Waals surface area contributed by atoms with Gasteiger partial charge in [-0.3, -0.25) is 18.6 Å². The topological polar surface area (TPSA) is 169 Å². The molecule has 1 amide bonds. The number of ether oxygens (including phenoxy) is 1. The number of carboxylic acid groups (broad SMARTS) is 1. The van der Waals surface area contributed by atoms with Crippen LogP contribution in [0.4, 0.5) is 0 Å². The van der Waals surface area contributed by atoms with Crippen molar-refractivity contribution in [3.8, 4) is 0 Å². The van der Waals surface area contributed by atoms with E-state index in [-0.39, 0.29) is 12.8 Å². The van der Waals surface area contributed by atoms with Crippen molar-refractivity contribution >= 4 is 25.7 Å². The van der Waals surface area contributed by atoms with Crippen molar-refractivity contribution in [3.05, 3.63) is 24.3 Å². The Labute approximate surface area is 359 Å². The van der Waals surface area contributed by atoms with E-state index in [0.717, 1.165) is 70.6 Å². The van der Waals surface area contributed by atoms with E-state index >= 15 is 0 Å². The van der Waals surface area contributed by atoms with Crippen LogP contribution in [0.2, 0.25) is 0 Å². The molecule has 346 valence electrons. The zero-order valence-corrected chi connectivity index (χ0v) is 38.5. The summed E-state index contributed by atoms with van der Waals surface area (Å²) in [4.78, 5) is 45.9. The number of carbonyl (C=O) groups excluding carboxylic acids is 2. The Balaban J connectivity index is 3.79. The van der Waals surface area contributed by atoms with Gasteiger partial charge >= 0.3 is 19.8 Å². The summed E-state index contributed by atoms with van der Waals surface area (Å²) >= 11 is 0. The van der Waals surface area contributed by atoms with Gasteiger partial charge in [0.25, 0.3) is 0 Å². The molecule has 0 aliphatic heterocycles. The molecule has 11 nitrogen and oxygen atoms in total. The molecule has 0 radical (unpaired) electrons. The lowest BCUT2D eigenvalue weighted by atomic mass is 10.0. The second-order valence-electron chi connectivity index (χ2n) is 16.3. The average Bonchev–Trinajstić information content (AvgIpc) is 3.21. The number of phosphoric ester groups is 1. The normalized spacial score (nSPS) is 13.8. The molecule has 0 aliphatic carbocycles. The first kappa shape index (κ1) is 57.0. The van der Waals surface area contributed by atoms with Crippen LogP contribution in [0.3, 0.4) is 0 Å². The smallest absolute Gasteiger partial charge is 0.472 e. The van der Waals surface area contributed by atoms with Crippen molar-refractivity contribution in [2.75, 3.05) is 19.8 Å². The van der Waals surface area contributed by atoms with E-state index < -0.39 is 57.6 Å². The molecule has 0 fully saturated rings. The number of nitrogens with one attached hydrogen (secondary N) is 1. The zero-order valence-electron chi connectivity index (χ0n) is 37.6. The molecule has 3 atom stereocenters. The van der Waals surface area contributed by atoms with Gasteiger partial charge in [-0.05, 0) is 38.5 Å². The molecule has 3 unspecified atom stereocenters. The Hall–Kier alpha value is -2.04. The predicted octanol–water partition coefficient (Wildman–Crippen LogP) is 12.6. The number of phosphoric acid groups is 1. The average molecular weight is 858 g/mol. The number of carbonyl (C=O) groups is 3. The molecular formula is C47H88NO10P. The maximum Gasteiger partial charge on any atom is 0.472 e. The summed E-state index contributed by atoms with van der Waals surface area (Å²) in [7, 11) is -4.76. The molecule has 0 aliphatic rings. The van der Waals surface area contributed by atoms with Gasteiger partial charge in [-0.1, -0.05) is 199 Å². The third kappa shape index (κ3) is 42.4. The first-order chi connectivity index (χ1) is 28.6. The van der Waals surface area contributed by atoms with Gasteiger partial charge in [-0.25, -0.2) is 9.36 Å². The summed E-state index contributed by atoms with van der Waals surface area (Å²) in [5.74, 6) is -2.38. The monoisotopic (exact) mass is 858 g/mol. The molecule has 12 heteroatoms. The van der Waals surface area contributed by atoms with Crippen LogP contribution in [0.1, 0.15) is 226 Å². The first-order valence-electron chi connectivity index (χ1n) is 23.9. The van der Waals surface area contributed by atoms with Gasteiger partial charge < -0.3 is 25.2 Å². The van der Waals surface area contributed by atoms with Crippen LogP contribution in [0, 0.1) is 0 Å². The number of rotatable bonds is 45. The lowest BCUT2D eigenvalue weighted by Gasteiger charge is -2.18. The lowest BCUT2D eigenvalue weighted by Crippen LogP contribution is -2.43. The lowest BCUT2D eigenvalue weighted by molar-refractivity contribution is -0.147. The fourth-order valence-electron chi connectivity index (χ4n) is 6.77. The minimum atomic E-state index is -4.76. The molecular weight excluding hydrogens is 769 g/mol. The maximum absolute atomic E-state index is 12.3. The highest BCUT2D eigenvalue weighted by molar-refractivity contribution is 7.47. The van der Waals surface area contributed by atoms with Crippen LogP contribution in [-0.2, 0) is 32.7 Å². The van der Waals surface area contributed by atoms with Crippen LogP contribution >= 0.6 is 7.82 Å². The molecule has 0 heterocycles. The second kappa shape index (κ2) is 42.6. The van der Waals surface area contributed by atoms with E-state index in [4.69, 9.17) is 13.8 Å². The van der Waals surface area contributed by atoms with Crippen LogP contribution in [-0.4, -0.2) is 64.9 Å². The summed E-state index contributed by atoms with van der Waals surface area (Å²) in [5, 5.41) is 21.8. The van der Waals surface area contributed by atoms with Crippen molar-refractivity contribution in [3.63, 3.8) is 0 Å². The van der Waals surface area contributed by atoms with E-state index in [1.54, 1.807) is 0 Å². The molecule has 0 saturated heterocycles. The molecule has 0 aromatic heterocycles. The number of aliphatic hydroxyl groups excluding tert-OH is 1. The number of unbranched alkanes of at least 4 members (excludes halogenated alkanes) is 27. The highest BCUT2D eigenvalue weighted by Crippen LogP contribution is 2.43. The molecule has 0 bridgehead atoms. The Morgan fingerprint density at radius 2 is 0.966 bits per heavy atom. The molecule has 0 rings (SSSR count). The van der Waals surface area contributed by atoms with Crippen molar-refractivity contribution in [2.45, 2.75) is 238 Å². The van der Waals surface area contributed by atoms with Crippen LogP contribution in [0.15, 0.2) is 24.3 Å². The molecule has 0 aromatic rings. The van der Waals surface area contributed by atoms with Gasteiger partial charge in [0.2, 0.25) is 5.91 Å². The zero-order chi connectivity index (χ0) is 43.5. The quantitative estimate of drug-likeness (QED) is 0.0200. The number of aliphatic hydroxyl groups is 1. The standard InChI is InChI=1S/C47H88NO10P/c1-3-5-7-9-11-13-15-17-18-19-20-21-22-23-24-25-27-29-31-33-35-37-39-46(51)56-40-43(49)41-57-59(54,55)58-42-44(47(52)53)48-45(50)38-36-34-32-30-28-26-16-14-12-10-8-6-4-2/h8,10,14,16,43-44,49H,3-7,9,11-13,15,17-42H2,1-2H3,(H,48,50)(H,52,53)(H,54,55)/b10-8-,16-14-. The van der Waals surface area contributed by atoms with Crippen LogP contribution in [0.25, 0.3) is 0 Å². The fourth-order valence-corrected chi connectivity index (χ4v) is 7.54. The van der Waals surface area contributed by atoms with Gasteiger partial charge in [0.05, 0.1) is 13.2 Å². The second-order valence-corrected chi connectivity index (χ2v) is 17.8. The van der Waals surface area contributed by atoms with E-state index in [9.17, 15) is 34.1 Å². The van der Waals surface area contributed by atoms with Crippen LogP contribution < -0.4 is 5.32 Å². The summed E-state index contributed by atoms with van der Waals surface area (Å²) in [6.45, 7) is 2.54. The SMILES string of the molecule is CCC/C=C\C/C=C\CCCCCCCC(=O)NC(COP(=O)(O)OCC(O)COC(=O)CCCCCCCCCCCCCCCCCCCCCCCC)C(=O)O. The molecule has 59 heavy (non-hydrogen) atoms. The Morgan fingerprint density at radius 3 is 1.44 bits per heavy atom. The Bertz CT molecular complexity index is 1100. The third-order valence-corrected chi connectivity index (χ3v) is 11.4. The molecule has 4 N–H and O–H groups in total.